The van der Waals surface area contributed by atoms with Gasteiger partial charge in [-0.25, -0.2) is 9.98 Å². The Kier molecular flexibility index (Phi) is 3.44. The number of nitrogens with zero attached hydrogens (tertiary/aromatic N) is 3. The van der Waals surface area contributed by atoms with Crippen molar-refractivity contribution in [3.05, 3.63) is 28.4 Å². The van der Waals surface area contributed by atoms with E-state index in [1.165, 1.54) is 4.90 Å². The molecule has 0 aromatic heterocycles. The predicted molar refractivity (Wildman–Crippen MR) is 66.8 cm³/mol. The Balaban J connectivity index is 2.22. The molecule has 0 unspecified atom stereocenters. The highest BCUT2D eigenvalue weighted by Gasteiger charge is 2.36. The summed E-state index contributed by atoms with van der Waals surface area (Å²) in [4.78, 5) is 30.8. The fourth-order valence-corrected chi connectivity index (χ4v) is 2.35. The number of carbonyl (C=O) groups is 2. The van der Waals surface area contributed by atoms with Gasteiger partial charge in [-0.05, 0) is 12.1 Å². The highest BCUT2D eigenvalue weighted by Crippen LogP contribution is 2.35. The molecule has 3 rings (SSSR count). The largest absolute Gasteiger partial charge is 0.418 e. The molecule has 0 aliphatic carbocycles. The topological polar surface area (TPSA) is 71.3 Å². The molecule has 2 aliphatic rings. The molecule has 1 aromatic rings. The van der Waals surface area contributed by atoms with Crippen molar-refractivity contribution < 1.29 is 27.5 Å². The molecule has 0 saturated carbocycles. The van der Waals surface area contributed by atoms with E-state index in [2.05, 4.69) is 9.98 Å². The Bertz CT molecular complexity index is 767. The van der Waals surface area contributed by atoms with Crippen LogP contribution in [-0.4, -0.2) is 38.1 Å². The molecular weight excluding hydrogens is 303 g/mol. The SMILES string of the molecule is O=C1N=c2cc(N3CCOCC3)c(C(F)(F)F)cc2=NC1=O. The maximum absolute atomic E-state index is 13.3. The van der Waals surface area contributed by atoms with Crippen molar-refractivity contribution in [2.75, 3.05) is 31.2 Å². The number of amides is 2. The minimum absolute atomic E-state index is 0.0286. The van der Waals surface area contributed by atoms with Gasteiger partial charge in [-0.15, -0.1) is 0 Å². The number of carbonyl (C=O) groups excluding carboxylic acids is 2. The van der Waals surface area contributed by atoms with Gasteiger partial charge in [-0.1, -0.05) is 0 Å². The molecule has 9 heteroatoms. The molecule has 116 valence electrons. The molecule has 22 heavy (non-hydrogen) atoms. The van der Waals surface area contributed by atoms with Crippen LogP contribution in [0.3, 0.4) is 0 Å². The minimum atomic E-state index is -4.61. The van der Waals surface area contributed by atoms with E-state index in [0.29, 0.717) is 26.3 Å². The molecular formula is C13H10F3N3O3. The van der Waals surface area contributed by atoms with Crippen LogP contribution in [0, 0.1) is 0 Å². The van der Waals surface area contributed by atoms with Crippen LogP contribution in [0.1, 0.15) is 5.56 Å². The maximum atomic E-state index is 13.3. The molecule has 0 atom stereocenters. The van der Waals surface area contributed by atoms with Crippen molar-refractivity contribution in [1.29, 1.82) is 0 Å². The molecule has 0 bridgehead atoms. The molecule has 0 radical (unpaired) electrons. The highest BCUT2D eigenvalue weighted by molar-refractivity contribution is 6.36. The van der Waals surface area contributed by atoms with Crippen molar-refractivity contribution in [2.24, 2.45) is 9.98 Å². The standard InChI is InChI=1S/C13H10F3N3O3/c14-13(15,16)7-5-8-9(18-12(21)11(20)17-8)6-10(7)19-1-3-22-4-2-19/h5-6H,1-4H2. The van der Waals surface area contributed by atoms with Gasteiger partial charge >= 0.3 is 18.0 Å². The van der Waals surface area contributed by atoms with Gasteiger partial charge < -0.3 is 9.64 Å². The first-order valence-electron chi connectivity index (χ1n) is 6.46. The Labute approximate surface area is 121 Å². The number of anilines is 1. The van der Waals surface area contributed by atoms with Crippen LogP contribution >= 0.6 is 0 Å². The van der Waals surface area contributed by atoms with E-state index in [1.54, 1.807) is 0 Å². The minimum Gasteiger partial charge on any atom is -0.378 e. The van der Waals surface area contributed by atoms with Gasteiger partial charge in [-0.2, -0.15) is 13.2 Å². The van der Waals surface area contributed by atoms with Gasteiger partial charge in [0.05, 0.1) is 35.2 Å². The zero-order chi connectivity index (χ0) is 15.9. The number of hydrogen-bond acceptors (Lipinski definition) is 4. The van der Waals surface area contributed by atoms with Crippen LogP contribution < -0.4 is 15.6 Å². The van der Waals surface area contributed by atoms with Crippen LogP contribution in [-0.2, 0) is 20.5 Å². The maximum Gasteiger partial charge on any atom is 0.418 e. The zero-order valence-electron chi connectivity index (χ0n) is 11.2. The van der Waals surface area contributed by atoms with Crippen LogP contribution in [0.2, 0.25) is 0 Å². The molecule has 1 saturated heterocycles. The highest BCUT2D eigenvalue weighted by atomic mass is 19.4. The van der Waals surface area contributed by atoms with Crippen molar-refractivity contribution in [3.8, 4) is 0 Å². The molecule has 6 nitrogen and oxygen atoms in total. The van der Waals surface area contributed by atoms with Crippen LogP contribution in [0.4, 0.5) is 18.9 Å². The van der Waals surface area contributed by atoms with E-state index >= 15 is 0 Å². The lowest BCUT2D eigenvalue weighted by Crippen LogP contribution is -2.41. The summed E-state index contributed by atoms with van der Waals surface area (Å²) in [5, 5.41) is -0.270. The lowest BCUT2D eigenvalue weighted by Gasteiger charge is -2.31. The summed E-state index contributed by atoms with van der Waals surface area (Å²) >= 11 is 0. The summed E-state index contributed by atoms with van der Waals surface area (Å²) < 4.78 is 44.9. The monoisotopic (exact) mass is 313 g/mol. The number of ether oxygens (including phenoxy) is 1. The van der Waals surface area contributed by atoms with E-state index in [-0.39, 0.29) is 16.4 Å². The number of rotatable bonds is 1. The van der Waals surface area contributed by atoms with Crippen molar-refractivity contribution >= 4 is 17.5 Å². The second-order valence-electron chi connectivity index (χ2n) is 4.79. The summed E-state index contributed by atoms with van der Waals surface area (Å²) in [7, 11) is 0. The molecule has 2 aliphatic heterocycles. The Hall–Kier alpha value is -2.29. The average molecular weight is 313 g/mol. The van der Waals surface area contributed by atoms with E-state index in [0.717, 1.165) is 12.1 Å². The third-order valence-electron chi connectivity index (χ3n) is 3.38. The smallest absolute Gasteiger partial charge is 0.378 e. The number of fused-ring (bicyclic) bond motifs is 1. The Morgan fingerprint density at radius 1 is 1.00 bits per heavy atom. The first-order chi connectivity index (χ1) is 10.4. The Morgan fingerprint density at radius 2 is 1.55 bits per heavy atom. The number of hydrogen-bond donors (Lipinski definition) is 0. The number of morpholine rings is 1. The second-order valence-corrected chi connectivity index (χ2v) is 4.79. The number of benzene rings is 1. The lowest BCUT2D eigenvalue weighted by molar-refractivity contribution is -0.137. The first-order valence-corrected chi connectivity index (χ1v) is 6.46. The average Bonchev–Trinajstić information content (AvgIpc) is 2.47. The molecule has 1 fully saturated rings. The van der Waals surface area contributed by atoms with Crippen LogP contribution in [0.25, 0.3) is 0 Å². The third-order valence-corrected chi connectivity index (χ3v) is 3.38. The fraction of sp³-hybridized carbons (Fsp3) is 0.385. The molecule has 0 spiro atoms. The summed E-state index contributed by atoms with van der Waals surface area (Å²) in [5.74, 6) is -2.25. The van der Waals surface area contributed by atoms with Gasteiger partial charge in [0.1, 0.15) is 0 Å². The molecule has 2 heterocycles. The normalized spacial score (nSPS) is 18.6. The summed E-state index contributed by atoms with van der Waals surface area (Å²) in [6.07, 6.45) is -4.61. The van der Waals surface area contributed by atoms with E-state index in [4.69, 9.17) is 4.74 Å². The van der Waals surface area contributed by atoms with Crippen LogP contribution in [0.15, 0.2) is 22.1 Å². The van der Waals surface area contributed by atoms with E-state index < -0.39 is 23.6 Å². The van der Waals surface area contributed by atoms with Gasteiger partial charge in [-0.3, -0.25) is 9.59 Å². The van der Waals surface area contributed by atoms with Crippen LogP contribution in [0.5, 0.6) is 0 Å². The van der Waals surface area contributed by atoms with E-state index in [9.17, 15) is 22.8 Å². The second kappa shape index (κ2) is 5.16. The van der Waals surface area contributed by atoms with E-state index in [1.807, 2.05) is 0 Å². The van der Waals surface area contributed by atoms with Crippen molar-refractivity contribution in [2.45, 2.75) is 6.18 Å². The van der Waals surface area contributed by atoms with Crippen molar-refractivity contribution in [1.82, 2.24) is 0 Å². The van der Waals surface area contributed by atoms with Gasteiger partial charge in [0.25, 0.3) is 0 Å². The number of halogens is 3. The lowest BCUT2D eigenvalue weighted by atomic mass is 10.1. The van der Waals surface area contributed by atoms with Gasteiger partial charge in [0, 0.05) is 13.1 Å². The fourth-order valence-electron chi connectivity index (χ4n) is 2.35. The molecule has 2 amide bonds. The van der Waals surface area contributed by atoms with Crippen molar-refractivity contribution in [3.63, 3.8) is 0 Å². The third kappa shape index (κ3) is 2.59. The molecule has 0 N–H and O–H groups in total. The van der Waals surface area contributed by atoms with Gasteiger partial charge in [0.15, 0.2) is 0 Å². The quantitative estimate of drug-likeness (QED) is 0.676. The van der Waals surface area contributed by atoms with Gasteiger partial charge in [0.2, 0.25) is 0 Å². The summed E-state index contributed by atoms with van der Waals surface area (Å²) in [5.41, 5.74) is -0.995. The summed E-state index contributed by atoms with van der Waals surface area (Å²) in [6.45, 7) is 1.22. The summed E-state index contributed by atoms with van der Waals surface area (Å²) in [6, 6.07) is 1.91. The first kappa shape index (κ1) is 14.6. The predicted octanol–water partition coefficient (Wildman–Crippen LogP) is -0.152. The Morgan fingerprint density at radius 3 is 2.09 bits per heavy atom. The number of alkyl halides is 3. The molecule has 1 aromatic carbocycles. The zero-order valence-corrected chi connectivity index (χ0v) is 11.2.